The van der Waals surface area contributed by atoms with E-state index in [1.54, 1.807) is 0 Å². The second kappa shape index (κ2) is 8.34. The molecule has 0 radical (unpaired) electrons. The summed E-state index contributed by atoms with van der Waals surface area (Å²) in [6.45, 7) is 6.16. The highest BCUT2D eigenvalue weighted by molar-refractivity contribution is 5.66. The highest BCUT2D eigenvalue weighted by Gasteiger charge is 2.08. The van der Waals surface area contributed by atoms with Crippen LogP contribution in [0.5, 0.6) is 11.5 Å². The van der Waals surface area contributed by atoms with Crippen LogP contribution < -0.4 is 15.4 Å². The Morgan fingerprint density at radius 1 is 0.962 bits per heavy atom. The van der Waals surface area contributed by atoms with Crippen LogP contribution in [0.15, 0.2) is 60.7 Å². The van der Waals surface area contributed by atoms with Gasteiger partial charge in [0.1, 0.15) is 23.2 Å². The van der Waals surface area contributed by atoms with Gasteiger partial charge in [0.05, 0.1) is 5.69 Å². The largest absolute Gasteiger partial charge is 0.455 e. The SMILES string of the molecule is CCC(C)Nc1cc(Nc2ccccc2Oc2ccccc2)nc(C)n1. The van der Waals surface area contributed by atoms with Crippen LogP contribution in [0.4, 0.5) is 17.3 Å². The molecule has 1 atom stereocenters. The van der Waals surface area contributed by atoms with Gasteiger partial charge in [0.25, 0.3) is 0 Å². The van der Waals surface area contributed by atoms with E-state index in [9.17, 15) is 0 Å². The van der Waals surface area contributed by atoms with Gasteiger partial charge in [0.15, 0.2) is 5.75 Å². The minimum atomic E-state index is 0.353. The van der Waals surface area contributed by atoms with Gasteiger partial charge < -0.3 is 15.4 Å². The molecule has 5 nitrogen and oxygen atoms in total. The van der Waals surface area contributed by atoms with Crippen LogP contribution in [0.1, 0.15) is 26.1 Å². The van der Waals surface area contributed by atoms with Crippen molar-refractivity contribution in [1.82, 2.24) is 9.97 Å². The number of aromatic nitrogens is 2. The number of hydrogen-bond donors (Lipinski definition) is 2. The average molecular weight is 348 g/mol. The third kappa shape index (κ3) is 4.72. The molecule has 1 heterocycles. The summed E-state index contributed by atoms with van der Waals surface area (Å²) in [5, 5.41) is 6.74. The Balaban J connectivity index is 1.83. The monoisotopic (exact) mass is 348 g/mol. The molecule has 1 unspecified atom stereocenters. The summed E-state index contributed by atoms with van der Waals surface area (Å²) in [4.78, 5) is 8.95. The molecular formula is C21H24N4O. The van der Waals surface area contributed by atoms with Crippen molar-refractivity contribution in [3.8, 4) is 11.5 Å². The lowest BCUT2D eigenvalue weighted by molar-refractivity contribution is 0.485. The van der Waals surface area contributed by atoms with E-state index in [-0.39, 0.29) is 0 Å². The number of hydrogen-bond acceptors (Lipinski definition) is 5. The Bertz CT molecular complexity index is 852. The van der Waals surface area contributed by atoms with E-state index >= 15 is 0 Å². The van der Waals surface area contributed by atoms with Crippen molar-refractivity contribution in [2.75, 3.05) is 10.6 Å². The molecule has 0 fully saturated rings. The summed E-state index contributed by atoms with van der Waals surface area (Å²) >= 11 is 0. The lowest BCUT2D eigenvalue weighted by atomic mass is 10.2. The molecule has 0 aliphatic carbocycles. The van der Waals surface area contributed by atoms with E-state index in [2.05, 4.69) is 34.4 Å². The first-order valence-corrected chi connectivity index (χ1v) is 8.85. The summed E-state index contributed by atoms with van der Waals surface area (Å²) < 4.78 is 6.00. The lowest BCUT2D eigenvalue weighted by Crippen LogP contribution is -2.15. The summed E-state index contributed by atoms with van der Waals surface area (Å²) in [6, 6.07) is 19.8. The van der Waals surface area contributed by atoms with Crippen molar-refractivity contribution < 1.29 is 4.74 Å². The minimum absolute atomic E-state index is 0.353. The van der Waals surface area contributed by atoms with E-state index in [0.29, 0.717) is 11.9 Å². The third-order valence-electron chi connectivity index (χ3n) is 3.97. The Morgan fingerprint density at radius 3 is 2.42 bits per heavy atom. The maximum absolute atomic E-state index is 6.00. The predicted octanol–water partition coefficient (Wildman–Crippen LogP) is 5.53. The van der Waals surface area contributed by atoms with Crippen molar-refractivity contribution in [3.63, 3.8) is 0 Å². The van der Waals surface area contributed by atoms with Gasteiger partial charge in [-0.25, -0.2) is 9.97 Å². The maximum atomic E-state index is 6.00. The molecule has 0 amide bonds. The first-order chi connectivity index (χ1) is 12.6. The number of nitrogens with one attached hydrogen (secondary N) is 2. The van der Waals surface area contributed by atoms with Gasteiger partial charge >= 0.3 is 0 Å². The molecule has 0 spiro atoms. The number of nitrogens with zero attached hydrogens (tertiary/aromatic N) is 2. The fraction of sp³-hybridized carbons (Fsp3) is 0.238. The van der Waals surface area contributed by atoms with Crippen molar-refractivity contribution >= 4 is 17.3 Å². The molecule has 0 aliphatic rings. The van der Waals surface area contributed by atoms with E-state index < -0.39 is 0 Å². The maximum Gasteiger partial charge on any atom is 0.150 e. The van der Waals surface area contributed by atoms with Crippen LogP contribution in [0, 0.1) is 6.92 Å². The number of ether oxygens (including phenoxy) is 1. The molecule has 0 saturated carbocycles. The zero-order valence-electron chi connectivity index (χ0n) is 15.4. The molecule has 2 N–H and O–H groups in total. The van der Waals surface area contributed by atoms with Crippen molar-refractivity contribution in [2.45, 2.75) is 33.2 Å². The first-order valence-electron chi connectivity index (χ1n) is 8.85. The minimum Gasteiger partial charge on any atom is -0.455 e. The molecule has 2 aromatic carbocycles. The number of rotatable bonds is 7. The van der Waals surface area contributed by atoms with Crippen LogP contribution in [-0.2, 0) is 0 Å². The van der Waals surface area contributed by atoms with Crippen LogP contribution in [-0.4, -0.2) is 16.0 Å². The van der Waals surface area contributed by atoms with Gasteiger partial charge in [-0.05, 0) is 44.5 Å². The van der Waals surface area contributed by atoms with Crippen molar-refractivity contribution in [3.05, 3.63) is 66.5 Å². The average Bonchev–Trinajstić information content (AvgIpc) is 2.63. The number of aryl methyl sites for hydroxylation is 1. The van der Waals surface area contributed by atoms with Gasteiger partial charge in [-0.2, -0.15) is 0 Å². The van der Waals surface area contributed by atoms with Gasteiger partial charge in [0, 0.05) is 12.1 Å². The van der Waals surface area contributed by atoms with Crippen molar-refractivity contribution in [2.24, 2.45) is 0 Å². The van der Waals surface area contributed by atoms with Gasteiger partial charge in [-0.3, -0.25) is 0 Å². The molecule has 3 rings (SSSR count). The van der Waals surface area contributed by atoms with E-state index in [0.717, 1.165) is 35.2 Å². The quantitative estimate of drug-likeness (QED) is 0.588. The Kier molecular flexibility index (Phi) is 5.69. The Morgan fingerprint density at radius 2 is 1.65 bits per heavy atom. The topological polar surface area (TPSA) is 59.1 Å². The molecule has 0 bridgehead atoms. The summed E-state index contributed by atoms with van der Waals surface area (Å²) in [7, 11) is 0. The summed E-state index contributed by atoms with van der Waals surface area (Å²) in [6.07, 6.45) is 1.03. The van der Waals surface area contributed by atoms with Crippen LogP contribution in [0.2, 0.25) is 0 Å². The highest BCUT2D eigenvalue weighted by Crippen LogP contribution is 2.31. The fourth-order valence-corrected chi connectivity index (χ4v) is 2.47. The number of anilines is 3. The second-order valence-electron chi connectivity index (χ2n) is 6.18. The molecule has 1 aromatic heterocycles. The second-order valence-corrected chi connectivity index (χ2v) is 6.18. The molecule has 3 aromatic rings. The van der Waals surface area contributed by atoms with Gasteiger partial charge in [-0.15, -0.1) is 0 Å². The first kappa shape index (κ1) is 17.7. The molecule has 0 saturated heterocycles. The standard InChI is InChI=1S/C21H24N4O/c1-4-15(2)22-20-14-21(24-16(3)23-20)25-18-12-8-9-13-19(18)26-17-10-6-5-7-11-17/h5-15H,4H2,1-3H3,(H2,22,23,24,25). The molecule has 26 heavy (non-hydrogen) atoms. The fourth-order valence-electron chi connectivity index (χ4n) is 2.47. The smallest absolute Gasteiger partial charge is 0.150 e. The molecule has 134 valence electrons. The Labute approximate surface area is 154 Å². The van der Waals surface area contributed by atoms with Crippen LogP contribution >= 0.6 is 0 Å². The van der Waals surface area contributed by atoms with E-state index in [4.69, 9.17) is 4.74 Å². The lowest BCUT2D eigenvalue weighted by Gasteiger charge is -2.15. The summed E-state index contributed by atoms with van der Waals surface area (Å²) in [5.74, 6) is 3.79. The van der Waals surface area contributed by atoms with E-state index in [1.165, 1.54) is 0 Å². The number of para-hydroxylation sites is 3. The van der Waals surface area contributed by atoms with E-state index in [1.807, 2.05) is 67.6 Å². The predicted molar refractivity (Wildman–Crippen MR) is 106 cm³/mol. The van der Waals surface area contributed by atoms with Crippen LogP contribution in [0.3, 0.4) is 0 Å². The highest BCUT2D eigenvalue weighted by atomic mass is 16.5. The molecule has 5 heteroatoms. The molecule has 0 aliphatic heterocycles. The van der Waals surface area contributed by atoms with Crippen molar-refractivity contribution in [1.29, 1.82) is 0 Å². The van der Waals surface area contributed by atoms with Gasteiger partial charge in [0.2, 0.25) is 0 Å². The zero-order chi connectivity index (χ0) is 18.4. The third-order valence-corrected chi connectivity index (χ3v) is 3.97. The number of benzene rings is 2. The Hall–Kier alpha value is -3.08. The van der Waals surface area contributed by atoms with Crippen LogP contribution in [0.25, 0.3) is 0 Å². The van der Waals surface area contributed by atoms with Gasteiger partial charge in [-0.1, -0.05) is 37.3 Å². The zero-order valence-corrected chi connectivity index (χ0v) is 15.4. The molecular weight excluding hydrogens is 324 g/mol. The normalized spacial score (nSPS) is 11.7. The summed E-state index contributed by atoms with van der Waals surface area (Å²) in [5.41, 5.74) is 0.851.